The molecule has 0 bridgehead atoms. The number of aromatic nitrogens is 2. The fourth-order valence-electron chi connectivity index (χ4n) is 3.30. The first-order valence-electron chi connectivity index (χ1n) is 9.37. The first kappa shape index (κ1) is 23.3. The van der Waals surface area contributed by atoms with Crippen molar-refractivity contribution in [3.8, 4) is 17.2 Å². The zero-order valence-corrected chi connectivity index (χ0v) is 19.3. The molecule has 0 radical (unpaired) electrons. The maximum Gasteiger partial charge on any atom is 0.204 e. The van der Waals surface area contributed by atoms with Gasteiger partial charge in [0.15, 0.2) is 17.3 Å². The molecule has 2 heterocycles. The highest BCUT2D eigenvalue weighted by molar-refractivity contribution is 7.78. The van der Waals surface area contributed by atoms with Crippen LogP contribution in [0.2, 0.25) is 0 Å². The number of nitrogens with zero attached hydrogens (tertiary/aromatic N) is 2. The third-order valence-electron chi connectivity index (χ3n) is 4.96. The van der Waals surface area contributed by atoms with E-state index in [2.05, 4.69) is 17.8 Å². The molecule has 30 heavy (non-hydrogen) atoms. The Morgan fingerprint density at radius 2 is 1.47 bits per heavy atom. The van der Waals surface area contributed by atoms with Gasteiger partial charge in [0, 0.05) is 29.3 Å². The van der Waals surface area contributed by atoms with Crippen LogP contribution in [-0.4, -0.2) is 36.1 Å². The van der Waals surface area contributed by atoms with E-state index in [9.17, 15) is 4.79 Å². The Kier molecular flexibility index (Phi) is 7.94. The van der Waals surface area contributed by atoms with Crippen LogP contribution in [-0.2, 0) is 0 Å². The minimum absolute atomic E-state index is 0.115. The quantitative estimate of drug-likeness (QED) is 0.469. The van der Waals surface area contributed by atoms with Crippen molar-refractivity contribution in [3.63, 3.8) is 0 Å². The van der Waals surface area contributed by atoms with Crippen LogP contribution in [0.25, 0.3) is 0 Å². The fourth-order valence-corrected chi connectivity index (χ4v) is 3.55. The van der Waals surface area contributed by atoms with Crippen molar-refractivity contribution in [3.05, 3.63) is 70.3 Å². The molecule has 7 heteroatoms. The molecule has 3 aromatic rings. The Labute approximate surface area is 183 Å². The van der Waals surface area contributed by atoms with Crippen LogP contribution in [0.4, 0.5) is 0 Å². The molecule has 0 unspecified atom stereocenters. The van der Waals surface area contributed by atoms with Gasteiger partial charge in [-0.25, -0.2) is 0 Å². The Morgan fingerprint density at radius 1 is 0.867 bits per heavy atom. The second kappa shape index (κ2) is 10.2. The van der Waals surface area contributed by atoms with Crippen molar-refractivity contribution in [2.45, 2.75) is 27.7 Å². The summed E-state index contributed by atoms with van der Waals surface area (Å²) < 4.78 is 18.0. The lowest BCUT2D eigenvalue weighted by atomic mass is 9.95. The van der Waals surface area contributed by atoms with Gasteiger partial charge >= 0.3 is 0 Å². The van der Waals surface area contributed by atoms with Gasteiger partial charge in [-0.05, 0) is 57.0 Å². The lowest BCUT2D eigenvalue weighted by Crippen LogP contribution is -2.10. The average Bonchev–Trinajstić information content (AvgIpc) is 2.96. The normalized spacial score (nSPS) is 10.1. The minimum atomic E-state index is -0.115. The number of aryl methyl sites for hydroxylation is 1. The first-order valence-corrected chi connectivity index (χ1v) is 9.77. The number of carbonyl (C=O) groups excluding carboxylic acids is 1. The molecule has 0 aliphatic heterocycles. The van der Waals surface area contributed by atoms with E-state index in [0.29, 0.717) is 28.4 Å². The molecule has 160 valence electrons. The van der Waals surface area contributed by atoms with E-state index in [1.807, 2.05) is 45.9 Å². The summed E-state index contributed by atoms with van der Waals surface area (Å²) in [6.07, 6.45) is 3.50. The molecule has 0 amide bonds. The molecule has 0 aliphatic rings. The SMILES string of the molecule is COc1cc(C)c(C(=O)c2c(C)c(C)n(S)c2C)c(OC)c1OC.c1ccncc1. The van der Waals surface area contributed by atoms with E-state index >= 15 is 0 Å². The highest BCUT2D eigenvalue weighted by atomic mass is 32.1. The molecule has 3 rings (SSSR count). The molecule has 0 saturated carbocycles. The van der Waals surface area contributed by atoms with Crippen LogP contribution in [0, 0.1) is 27.7 Å². The molecule has 1 aromatic carbocycles. The summed E-state index contributed by atoms with van der Waals surface area (Å²) in [7, 11) is 4.59. The monoisotopic (exact) mass is 428 g/mol. The Morgan fingerprint density at radius 3 is 1.83 bits per heavy atom. The summed E-state index contributed by atoms with van der Waals surface area (Å²) in [6.45, 7) is 7.59. The Balaban J connectivity index is 0.000000456. The van der Waals surface area contributed by atoms with Gasteiger partial charge in [-0.2, -0.15) is 0 Å². The van der Waals surface area contributed by atoms with Gasteiger partial charge in [0.2, 0.25) is 5.75 Å². The van der Waals surface area contributed by atoms with E-state index in [0.717, 1.165) is 22.5 Å². The van der Waals surface area contributed by atoms with Crippen molar-refractivity contribution in [1.29, 1.82) is 0 Å². The summed E-state index contributed by atoms with van der Waals surface area (Å²) in [6, 6.07) is 7.50. The van der Waals surface area contributed by atoms with Crippen molar-refractivity contribution in [2.24, 2.45) is 0 Å². The predicted molar refractivity (Wildman–Crippen MR) is 122 cm³/mol. The third-order valence-corrected chi connectivity index (χ3v) is 5.56. The minimum Gasteiger partial charge on any atom is -0.493 e. The number of hydrogen-bond donors (Lipinski definition) is 1. The average molecular weight is 429 g/mol. The van der Waals surface area contributed by atoms with E-state index < -0.39 is 0 Å². The van der Waals surface area contributed by atoms with E-state index in [1.54, 1.807) is 29.5 Å². The van der Waals surface area contributed by atoms with E-state index in [4.69, 9.17) is 14.2 Å². The van der Waals surface area contributed by atoms with Gasteiger partial charge in [0.05, 0.1) is 26.9 Å². The van der Waals surface area contributed by atoms with Gasteiger partial charge < -0.3 is 14.2 Å². The molecular formula is C23H28N2O4S. The van der Waals surface area contributed by atoms with Crippen molar-refractivity contribution in [2.75, 3.05) is 21.3 Å². The maximum absolute atomic E-state index is 13.3. The summed E-state index contributed by atoms with van der Waals surface area (Å²) in [5.74, 6) is 1.20. The van der Waals surface area contributed by atoms with Crippen molar-refractivity contribution < 1.29 is 19.0 Å². The molecule has 0 atom stereocenters. The summed E-state index contributed by atoms with van der Waals surface area (Å²) >= 11 is 4.44. The summed E-state index contributed by atoms with van der Waals surface area (Å²) in [5, 5.41) is 0. The predicted octanol–water partition coefficient (Wildman–Crippen LogP) is 4.75. The zero-order valence-electron chi connectivity index (χ0n) is 18.4. The van der Waals surface area contributed by atoms with Crippen LogP contribution >= 0.6 is 12.8 Å². The second-order valence-electron chi connectivity index (χ2n) is 6.67. The first-order chi connectivity index (χ1) is 14.3. The number of ether oxygens (including phenoxy) is 3. The van der Waals surface area contributed by atoms with Gasteiger partial charge in [-0.1, -0.05) is 18.9 Å². The van der Waals surface area contributed by atoms with Gasteiger partial charge in [-0.15, -0.1) is 0 Å². The topological polar surface area (TPSA) is 62.6 Å². The van der Waals surface area contributed by atoms with Crippen LogP contribution in [0.15, 0.2) is 36.7 Å². The molecule has 0 N–H and O–H groups in total. The smallest absolute Gasteiger partial charge is 0.204 e. The van der Waals surface area contributed by atoms with Crippen LogP contribution in [0.3, 0.4) is 0 Å². The summed E-state index contributed by atoms with van der Waals surface area (Å²) in [4.78, 5) is 17.1. The van der Waals surface area contributed by atoms with Gasteiger partial charge in [0.25, 0.3) is 0 Å². The maximum atomic E-state index is 13.3. The Hall–Kier alpha value is -2.93. The van der Waals surface area contributed by atoms with Gasteiger partial charge in [-0.3, -0.25) is 13.8 Å². The van der Waals surface area contributed by atoms with Crippen LogP contribution in [0.5, 0.6) is 17.2 Å². The molecule has 0 spiro atoms. The lowest BCUT2D eigenvalue weighted by molar-refractivity contribution is 0.103. The van der Waals surface area contributed by atoms with Gasteiger partial charge in [0.1, 0.15) is 0 Å². The standard InChI is InChI=1S/C18H23NO4S.C5H5N/c1-9-8-13(21-5)17(22-6)18(23-7)14(9)16(20)15-10(2)11(3)19(24)12(15)4;1-2-4-6-5-3-1/h8,24H,1-7H3;1-5H. The Bertz CT molecular complexity index is 978. The largest absolute Gasteiger partial charge is 0.493 e. The lowest BCUT2D eigenvalue weighted by Gasteiger charge is -2.18. The fraction of sp³-hybridized carbons (Fsp3) is 0.304. The van der Waals surface area contributed by atoms with Crippen LogP contribution in [0.1, 0.15) is 38.4 Å². The van der Waals surface area contributed by atoms with Crippen molar-refractivity contribution in [1.82, 2.24) is 8.96 Å². The molecule has 6 nitrogen and oxygen atoms in total. The third kappa shape index (κ3) is 4.46. The number of rotatable bonds is 5. The second-order valence-corrected chi connectivity index (χ2v) is 7.07. The number of hydrogen-bond acceptors (Lipinski definition) is 6. The number of carbonyl (C=O) groups is 1. The number of methoxy groups -OCH3 is 3. The molecule has 0 fully saturated rings. The number of thiol groups is 1. The molecular weight excluding hydrogens is 400 g/mol. The molecule has 2 aromatic heterocycles. The summed E-state index contributed by atoms with van der Waals surface area (Å²) in [5.41, 5.74) is 4.52. The highest BCUT2D eigenvalue weighted by Crippen LogP contribution is 2.43. The number of ketones is 1. The van der Waals surface area contributed by atoms with Crippen LogP contribution < -0.4 is 14.2 Å². The van der Waals surface area contributed by atoms with E-state index in [-0.39, 0.29) is 5.78 Å². The highest BCUT2D eigenvalue weighted by Gasteiger charge is 2.28. The zero-order chi connectivity index (χ0) is 22.4. The number of benzene rings is 1. The van der Waals surface area contributed by atoms with E-state index in [1.165, 1.54) is 14.2 Å². The van der Waals surface area contributed by atoms with Crippen molar-refractivity contribution >= 4 is 18.6 Å². The molecule has 0 aliphatic carbocycles. The number of pyridine rings is 1. The molecule has 0 saturated heterocycles.